The third-order valence-electron chi connectivity index (χ3n) is 6.19. The van der Waals surface area contributed by atoms with E-state index in [2.05, 4.69) is 89.4 Å². The molecule has 0 unspecified atom stereocenters. The number of rotatable bonds is 4. The molecule has 1 aliphatic rings. The van der Waals surface area contributed by atoms with Gasteiger partial charge in [0.15, 0.2) is 0 Å². The number of carbonyl (C=O) groups is 1. The van der Waals surface area contributed by atoms with E-state index in [9.17, 15) is 4.79 Å². The minimum Gasteiger partial charge on any atom is -0.365 e. The summed E-state index contributed by atoms with van der Waals surface area (Å²) in [6.07, 6.45) is 0. The van der Waals surface area contributed by atoms with Crippen molar-refractivity contribution < 1.29 is 4.79 Å². The fourth-order valence-electron chi connectivity index (χ4n) is 4.62. The molecule has 4 nitrogen and oxygen atoms in total. The van der Waals surface area contributed by atoms with Gasteiger partial charge in [-0.2, -0.15) is 0 Å². The van der Waals surface area contributed by atoms with Gasteiger partial charge < -0.3 is 14.4 Å². The number of amides is 1. The Balaban J connectivity index is 1.37. The van der Waals surface area contributed by atoms with Crippen LogP contribution in [0.15, 0.2) is 72.1 Å². The second kappa shape index (κ2) is 8.23. The Morgan fingerprint density at radius 3 is 2.68 bits per heavy atom. The fourth-order valence-corrected chi connectivity index (χ4v) is 5.37. The van der Waals surface area contributed by atoms with E-state index in [1.54, 1.807) is 11.3 Å². The lowest BCUT2D eigenvalue weighted by Crippen LogP contribution is -2.54. The van der Waals surface area contributed by atoms with Gasteiger partial charge in [0, 0.05) is 42.3 Å². The van der Waals surface area contributed by atoms with Gasteiger partial charge in [-0.25, -0.2) is 0 Å². The van der Waals surface area contributed by atoms with Gasteiger partial charge in [0.1, 0.15) is 6.54 Å². The first-order chi connectivity index (χ1) is 15.1. The van der Waals surface area contributed by atoms with Crippen LogP contribution in [0.1, 0.15) is 12.5 Å². The molecule has 0 spiro atoms. The number of hydrogen-bond donors (Lipinski definition) is 0. The van der Waals surface area contributed by atoms with Gasteiger partial charge in [0.05, 0.1) is 10.6 Å². The maximum Gasteiger partial charge on any atom is 0.242 e. The first-order valence-corrected chi connectivity index (χ1v) is 11.7. The van der Waals surface area contributed by atoms with E-state index in [-0.39, 0.29) is 11.9 Å². The van der Waals surface area contributed by atoms with E-state index >= 15 is 0 Å². The summed E-state index contributed by atoms with van der Waals surface area (Å²) in [5.74, 6) is 0.190. The zero-order chi connectivity index (χ0) is 21.4. The summed E-state index contributed by atoms with van der Waals surface area (Å²) >= 11 is 1.72. The normalized spacial score (nSPS) is 16.8. The van der Waals surface area contributed by atoms with Gasteiger partial charge in [-0.15, -0.1) is 11.3 Å². The van der Waals surface area contributed by atoms with Crippen LogP contribution < -0.4 is 4.90 Å². The summed E-state index contributed by atoms with van der Waals surface area (Å²) in [4.78, 5) is 19.0. The standard InChI is InChI=1S/C26H27N3OS/c1-19-7-5-9-22(15-19)28-13-12-27(17-20(28)2)26(30)18-29-23-10-4-3-8-21(23)16-24(29)25-11-6-14-31-25/h3-11,14-16,20H,12-13,17-18H2,1-2H3/t20-/m1/s1. The predicted octanol–water partition coefficient (Wildman–Crippen LogP) is 5.42. The lowest BCUT2D eigenvalue weighted by Gasteiger charge is -2.41. The zero-order valence-electron chi connectivity index (χ0n) is 18.0. The Morgan fingerprint density at radius 1 is 1.03 bits per heavy atom. The molecule has 0 N–H and O–H groups in total. The Morgan fingerprint density at radius 2 is 1.90 bits per heavy atom. The third-order valence-corrected chi connectivity index (χ3v) is 7.08. The molecule has 1 saturated heterocycles. The molecule has 0 saturated carbocycles. The smallest absolute Gasteiger partial charge is 0.242 e. The molecule has 158 valence electrons. The van der Waals surface area contributed by atoms with Gasteiger partial charge in [-0.1, -0.05) is 36.4 Å². The van der Waals surface area contributed by atoms with Crippen LogP contribution in [-0.2, 0) is 11.3 Å². The Bertz CT molecular complexity index is 1210. The summed E-state index contributed by atoms with van der Waals surface area (Å²) in [6.45, 7) is 7.08. The highest BCUT2D eigenvalue weighted by atomic mass is 32.1. The van der Waals surface area contributed by atoms with E-state index in [1.165, 1.54) is 21.5 Å². The number of thiophene rings is 1. The van der Waals surface area contributed by atoms with Crippen molar-refractivity contribution in [2.45, 2.75) is 26.4 Å². The van der Waals surface area contributed by atoms with Crippen molar-refractivity contribution in [3.8, 4) is 10.6 Å². The highest BCUT2D eigenvalue weighted by Crippen LogP contribution is 2.31. The van der Waals surface area contributed by atoms with E-state index in [0.717, 1.165) is 30.8 Å². The lowest BCUT2D eigenvalue weighted by molar-refractivity contribution is -0.132. The maximum atomic E-state index is 13.4. The number of nitrogens with zero attached hydrogens (tertiary/aromatic N) is 3. The van der Waals surface area contributed by atoms with Crippen molar-refractivity contribution in [3.05, 3.63) is 77.7 Å². The summed E-state index contributed by atoms with van der Waals surface area (Å²) in [5.41, 5.74) is 4.75. The van der Waals surface area contributed by atoms with Crippen LogP contribution in [-0.4, -0.2) is 41.1 Å². The predicted molar refractivity (Wildman–Crippen MR) is 130 cm³/mol. The van der Waals surface area contributed by atoms with E-state index in [4.69, 9.17) is 0 Å². The molecule has 5 rings (SSSR count). The molecule has 2 aromatic carbocycles. The monoisotopic (exact) mass is 429 g/mol. The van der Waals surface area contributed by atoms with Crippen LogP contribution in [0.4, 0.5) is 5.69 Å². The molecule has 1 amide bonds. The third kappa shape index (κ3) is 3.86. The molecule has 0 radical (unpaired) electrons. The van der Waals surface area contributed by atoms with Crippen molar-refractivity contribution in [3.63, 3.8) is 0 Å². The largest absolute Gasteiger partial charge is 0.365 e. The molecule has 1 atom stereocenters. The quantitative estimate of drug-likeness (QED) is 0.434. The number of piperazine rings is 1. The van der Waals surface area contributed by atoms with Crippen LogP contribution in [0.5, 0.6) is 0 Å². The number of fused-ring (bicyclic) bond motifs is 1. The number of aryl methyl sites for hydroxylation is 1. The topological polar surface area (TPSA) is 28.5 Å². The number of para-hydroxylation sites is 1. The fraction of sp³-hybridized carbons (Fsp3) is 0.269. The number of hydrogen-bond acceptors (Lipinski definition) is 3. The van der Waals surface area contributed by atoms with E-state index in [1.807, 2.05) is 11.0 Å². The number of aromatic nitrogens is 1. The second-order valence-corrected chi connectivity index (χ2v) is 9.32. The molecular formula is C26H27N3OS. The summed E-state index contributed by atoms with van der Waals surface area (Å²) in [5, 5.41) is 3.27. The first-order valence-electron chi connectivity index (χ1n) is 10.8. The molecule has 2 aromatic heterocycles. The summed E-state index contributed by atoms with van der Waals surface area (Å²) in [7, 11) is 0. The van der Waals surface area contributed by atoms with Gasteiger partial charge in [-0.3, -0.25) is 4.79 Å². The average Bonchev–Trinajstić information content (AvgIpc) is 3.42. The minimum absolute atomic E-state index is 0.190. The SMILES string of the molecule is Cc1cccc(N2CCN(C(=O)Cn3c(-c4cccs4)cc4ccccc43)C[C@H]2C)c1. The number of carbonyl (C=O) groups excluding carboxylic acids is 1. The van der Waals surface area contributed by atoms with E-state index < -0.39 is 0 Å². The van der Waals surface area contributed by atoms with E-state index in [0.29, 0.717) is 6.54 Å². The van der Waals surface area contributed by atoms with Crippen molar-refractivity contribution in [2.24, 2.45) is 0 Å². The Labute approximate surface area is 187 Å². The molecule has 3 heterocycles. The van der Waals surface area contributed by atoms with Crippen molar-refractivity contribution in [1.29, 1.82) is 0 Å². The van der Waals surface area contributed by atoms with Crippen LogP contribution >= 0.6 is 11.3 Å². The first kappa shape index (κ1) is 19.9. The number of benzene rings is 2. The van der Waals surface area contributed by atoms with Crippen LogP contribution in [0.2, 0.25) is 0 Å². The highest BCUT2D eigenvalue weighted by Gasteiger charge is 2.27. The Hall–Kier alpha value is -3.05. The van der Waals surface area contributed by atoms with Crippen LogP contribution in [0.3, 0.4) is 0 Å². The average molecular weight is 430 g/mol. The van der Waals surface area contributed by atoms with Gasteiger partial charge >= 0.3 is 0 Å². The number of anilines is 1. The van der Waals surface area contributed by atoms with Crippen LogP contribution in [0, 0.1) is 6.92 Å². The molecule has 0 bridgehead atoms. The molecule has 1 aliphatic heterocycles. The molecule has 4 aromatic rings. The van der Waals surface area contributed by atoms with Crippen molar-refractivity contribution in [2.75, 3.05) is 24.5 Å². The molecular weight excluding hydrogens is 402 g/mol. The van der Waals surface area contributed by atoms with Crippen molar-refractivity contribution >= 4 is 33.8 Å². The van der Waals surface area contributed by atoms with Crippen LogP contribution in [0.25, 0.3) is 21.5 Å². The maximum absolute atomic E-state index is 13.4. The second-order valence-electron chi connectivity index (χ2n) is 8.37. The lowest BCUT2D eigenvalue weighted by atomic mass is 10.1. The molecule has 0 aliphatic carbocycles. The van der Waals surface area contributed by atoms with Gasteiger partial charge in [0.2, 0.25) is 5.91 Å². The highest BCUT2D eigenvalue weighted by molar-refractivity contribution is 7.13. The molecule has 5 heteroatoms. The molecule has 1 fully saturated rings. The zero-order valence-corrected chi connectivity index (χ0v) is 18.8. The van der Waals surface area contributed by atoms with Crippen molar-refractivity contribution in [1.82, 2.24) is 9.47 Å². The summed E-state index contributed by atoms with van der Waals surface area (Å²) < 4.78 is 2.18. The van der Waals surface area contributed by atoms with Gasteiger partial charge in [0.25, 0.3) is 0 Å². The molecule has 31 heavy (non-hydrogen) atoms. The van der Waals surface area contributed by atoms with Gasteiger partial charge in [-0.05, 0) is 55.1 Å². The Kier molecular flexibility index (Phi) is 5.28. The minimum atomic E-state index is 0.190. The summed E-state index contributed by atoms with van der Waals surface area (Å²) in [6, 6.07) is 23.6.